The van der Waals surface area contributed by atoms with E-state index in [2.05, 4.69) is 15.8 Å². The minimum Gasteiger partial charge on any atom is -0.497 e. The van der Waals surface area contributed by atoms with E-state index in [0.717, 1.165) is 0 Å². The lowest BCUT2D eigenvalue weighted by atomic mass is 10.1. The molecule has 2 rings (SSSR count). The first-order chi connectivity index (χ1) is 14.4. The minimum atomic E-state index is -0.476. The van der Waals surface area contributed by atoms with Crippen molar-refractivity contribution < 1.29 is 28.5 Å². The summed E-state index contributed by atoms with van der Waals surface area (Å²) in [6, 6.07) is 9.99. The minimum absolute atomic E-state index is 0.246. The SMILES string of the molecule is COc1ccc(C(C)=NNC(=O)CNC(=O)c2ccc(OC)c(OC)c2)c(OC)c1. The second-order valence-electron chi connectivity index (χ2n) is 6.05. The number of hydrazone groups is 1. The van der Waals surface area contributed by atoms with Gasteiger partial charge in [-0.05, 0) is 37.3 Å². The molecule has 0 fully saturated rings. The fourth-order valence-electron chi connectivity index (χ4n) is 2.58. The van der Waals surface area contributed by atoms with Crippen LogP contribution in [0.25, 0.3) is 0 Å². The van der Waals surface area contributed by atoms with Crippen LogP contribution in [0.5, 0.6) is 23.0 Å². The van der Waals surface area contributed by atoms with Gasteiger partial charge >= 0.3 is 0 Å². The second kappa shape index (κ2) is 10.7. The Labute approximate surface area is 175 Å². The number of ether oxygens (including phenoxy) is 4. The molecule has 160 valence electrons. The van der Waals surface area contributed by atoms with Crippen LogP contribution in [0, 0.1) is 0 Å². The van der Waals surface area contributed by atoms with Crippen LogP contribution >= 0.6 is 0 Å². The maximum absolute atomic E-state index is 12.3. The molecule has 0 aliphatic carbocycles. The summed E-state index contributed by atoms with van der Waals surface area (Å²) in [4.78, 5) is 24.3. The van der Waals surface area contributed by atoms with Crippen molar-refractivity contribution in [3.63, 3.8) is 0 Å². The maximum atomic E-state index is 12.3. The molecule has 0 saturated heterocycles. The van der Waals surface area contributed by atoms with Gasteiger partial charge in [0.2, 0.25) is 0 Å². The van der Waals surface area contributed by atoms with E-state index < -0.39 is 11.8 Å². The quantitative estimate of drug-likeness (QED) is 0.479. The van der Waals surface area contributed by atoms with E-state index in [-0.39, 0.29) is 6.54 Å². The number of rotatable bonds is 9. The summed E-state index contributed by atoms with van der Waals surface area (Å²) in [7, 11) is 6.08. The molecule has 30 heavy (non-hydrogen) atoms. The van der Waals surface area contributed by atoms with Gasteiger partial charge in [0.1, 0.15) is 11.5 Å². The number of hydrogen-bond donors (Lipinski definition) is 2. The molecule has 2 aromatic carbocycles. The summed E-state index contributed by atoms with van der Waals surface area (Å²) in [6.45, 7) is 1.48. The van der Waals surface area contributed by atoms with Gasteiger partial charge in [-0.3, -0.25) is 9.59 Å². The fourth-order valence-corrected chi connectivity index (χ4v) is 2.58. The summed E-state index contributed by atoms with van der Waals surface area (Å²) < 4.78 is 20.8. The van der Waals surface area contributed by atoms with Crippen molar-refractivity contribution in [1.82, 2.24) is 10.7 Å². The van der Waals surface area contributed by atoms with Crippen LogP contribution in [0.2, 0.25) is 0 Å². The number of benzene rings is 2. The van der Waals surface area contributed by atoms with Crippen molar-refractivity contribution in [3.8, 4) is 23.0 Å². The van der Waals surface area contributed by atoms with E-state index in [1.807, 2.05) is 0 Å². The Kier molecular flexibility index (Phi) is 8.04. The molecule has 0 aliphatic rings. The zero-order chi connectivity index (χ0) is 22.1. The smallest absolute Gasteiger partial charge is 0.259 e. The number of amides is 2. The molecule has 9 nitrogen and oxygen atoms in total. The van der Waals surface area contributed by atoms with E-state index in [0.29, 0.717) is 39.8 Å². The van der Waals surface area contributed by atoms with Crippen molar-refractivity contribution in [2.45, 2.75) is 6.92 Å². The summed E-state index contributed by atoms with van der Waals surface area (Å²) >= 11 is 0. The first-order valence-electron chi connectivity index (χ1n) is 8.99. The normalized spacial score (nSPS) is 10.8. The van der Waals surface area contributed by atoms with Gasteiger partial charge in [0.05, 0.1) is 40.7 Å². The van der Waals surface area contributed by atoms with Crippen LogP contribution in [-0.4, -0.2) is 52.5 Å². The number of hydrogen-bond acceptors (Lipinski definition) is 7. The van der Waals surface area contributed by atoms with Gasteiger partial charge in [-0.25, -0.2) is 5.43 Å². The van der Waals surface area contributed by atoms with Gasteiger partial charge in [-0.2, -0.15) is 5.10 Å². The number of methoxy groups -OCH3 is 4. The Balaban J connectivity index is 1.97. The first-order valence-corrected chi connectivity index (χ1v) is 8.99. The topological polar surface area (TPSA) is 107 Å². The number of nitrogens with zero attached hydrogens (tertiary/aromatic N) is 1. The summed E-state index contributed by atoms with van der Waals surface area (Å²) in [6.07, 6.45) is 0. The highest BCUT2D eigenvalue weighted by Crippen LogP contribution is 2.27. The highest BCUT2D eigenvalue weighted by molar-refractivity contribution is 6.02. The lowest BCUT2D eigenvalue weighted by Gasteiger charge is -2.11. The first kappa shape index (κ1) is 22.5. The molecule has 0 aromatic heterocycles. The zero-order valence-corrected chi connectivity index (χ0v) is 17.6. The predicted molar refractivity (Wildman–Crippen MR) is 112 cm³/mol. The van der Waals surface area contributed by atoms with Crippen molar-refractivity contribution in [2.24, 2.45) is 5.10 Å². The molecule has 0 unspecified atom stereocenters. The Morgan fingerprint density at radius 3 is 2.20 bits per heavy atom. The molecule has 0 heterocycles. The van der Waals surface area contributed by atoms with Gasteiger partial charge in [-0.1, -0.05) is 0 Å². The summed E-state index contributed by atoms with van der Waals surface area (Å²) in [5.41, 5.74) is 3.99. The van der Waals surface area contributed by atoms with Crippen LogP contribution < -0.4 is 29.7 Å². The van der Waals surface area contributed by atoms with E-state index in [4.69, 9.17) is 18.9 Å². The molecule has 2 amide bonds. The highest BCUT2D eigenvalue weighted by atomic mass is 16.5. The van der Waals surface area contributed by atoms with Gasteiger partial charge in [0, 0.05) is 17.2 Å². The Morgan fingerprint density at radius 1 is 0.867 bits per heavy atom. The van der Waals surface area contributed by atoms with Gasteiger partial charge in [0.15, 0.2) is 11.5 Å². The zero-order valence-electron chi connectivity index (χ0n) is 17.6. The Hall–Kier alpha value is -3.75. The highest BCUT2D eigenvalue weighted by Gasteiger charge is 2.12. The largest absolute Gasteiger partial charge is 0.497 e. The van der Waals surface area contributed by atoms with Crippen molar-refractivity contribution in [1.29, 1.82) is 0 Å². The molecular weight excluding hydrogens is 390 g/mol. The molecule has 0 radical (unpaired) electrons. The third-order valence-electron chi connectivity index (χ3n) is 4.20. The van der Waals surface area contributed by atoms with Crippen molar-refractivity contribution >= 4 is 17.5 Å². The van der Waals surface area contributed by atoms with Crippen LogP contribution in [0.1, 0.15) is 22.8 Å². The molecule has 0 aliphatic heterocycles. The molecule has 0 bridgehead atoms. The number of carbonyl (C=O) groups excluding carboxylic acids is 2. The average molecular weight is 415 g/mol. The molecule has 2 N–H and O–H groups in total. The molecule has 9 heteroatoms. The second-order valence-corrected chi connectivity index (χ2v) is 6.05. The number of carbonyl (C=O) groups is 2. The average Bonchev–Trinajstić information content (AvgIpc) is 2.79. The lowest BCUT2D eigenvalue weighted by molar-refractivity contribution is -0.120. The van der Waals surface area contributed by atoms with Crippen molar-refractivity contribution in [2.75, 3.05) is 35.0 Å². The van der Waals surface area contributed by atoms with E-state index in [1.165, 1.54) is 27.4 Å². The molecule has 0 spiro atoms. The monoisotopic (exact) mass is 415 g/mol. The van der Waals surface area contributed by atoms with Crippen molar-refractivity contribution in [3.05, 3.63) is 47.5 Å². The molecule has 0 saturated carbocycles. The molecular formula is C21H25N3O6. The van der Waals surface area contributed by atoms with Gasteiger partial charge < -0.3 is 24.3 Å². The Bertz CT molecular complexity index is 942. The lowest BCUT2D eigenvalue weighted by Crippen LogP contribution is -2.35. The van der Waals surface area contributed by atoms with E-state index in [1.54, 1.807) is 44.4 Å². The maximum Gasteiger partial charge on any atom is 0.259 e. The van der Waals surface area contributed by atoms with Crippen LogP contribution in [0.3, 0.4) is 0 Å². The Morgan fingerprint density at radius 2 is 1.57 bits per heavy atom. The fraction of sp³-hybridized carbons (Fsp3) is 0.286. The van der Waals surface area contributed by atoms with E-state index in [9.17, 15) is 9.59 Å². The third-order valence-corrected chi connectivity index (χ3v) is 4.20. The van der Waals surface area contributed by atoms with Crippen LogP contribution in [0.4, 0.5) is 0 Å². The van der Waals surface area contributed by atoms with Crippen LogP contribution in [-0.2, 0) is 4.79 Å². The van der Waals surface area contributed by atoms with Crippen LogP contribution in [0.15, 0.2) is 41.5 Å². The number of nitrogens with one attached hydrogen (secondary N) is 2. The summed E-state index contributed by atoms with van der Waals surface area (Å²) in [5.74, 6) is 1.23. The van der Waals surface area contributed by atoms with Gasteiger partial charge in [-0.15, -0.1) is 0 Å². The van der Waals surface area contributed by atoms with Gasteiger partial charge in [0.25, 0.3) is 11.8 Å². The standard InChI is InChI=1S/C21H25N3O6/c1-13(16-8-7-15(27-2)11-18(16)29-4)23-24-20(25)12-22-21(26)14-6-9-17(28-3)19(10-14)30-5/h6-11H,12H2,1-5H3,(H,22,26)(H,24,25). The third kappa shape index (κ3) is 5.63. The van der Waals surface area contributed by atoms with E-state index >= 15 is 0 Å². The molecule has 2 aromatic rings. The summed E-state index contributed by atoms with van der Waals surface area (Å²) in [5, 5.41) is 6.60. The predicted octanol–water partition coefficient (Wildman–Crippen LogP) is 1.99. The molecule has 0 atom stereocenters.